The fourth-order valence-electron chi connectivity index (χ4n) is 1.13. The standard InChI is InChI=1S/C9H7F3O3/c1-4-2-5(10)3-6(8(13)14)7(4)15-9(11)12/h2-3,9H,1H3,(H,13,14). The molecule has 0 radical (unpaired) electrons. The van der Waals surface area contributed by atoms with Crippen LogP contribution in [0.5, 0.6) is 5.75 Å². The van der Waals surface area contributed by atoms with E-state index >= 15 is 0 Å². The van der Waals surface area contributed by atoms with Crippen LogP contribution in [0.1, 0.15) is 15.9 Å². The summed E-state index contributed by atoms with van der Waals surface area (Å²) < 4.78 is 40.7. The number of benzene rings is 1. The number of carboxylic acid groups (broad SMARTS) is 1. The van der Waals surface area contributed by atoms with Crippen molar-refractivity contribution in [3.05, 3.63) is 29.1 Å². The van der Waals surface area contributed by atoms with Gasteiger partial charge in [-0.25, -0.2) is 9.18 Å². The minimum atomic E-state index is -3.15. The van der Waals surface area contributed by atoms with E-state index in [2.05, 4.69) is 4.74 Å². The van der Waals surface area contributed by atoms with Gasteiger partial charge in [-0.1, -0.05) is 0 Å². The van der Waals surface area contributed by atoms with Crippen molar-refractivity contribution < 1.29 is 27.8 Å². The van der Waals surface area contributed by atoms with E-state index in [9.17, 15) is 18.0 Å². The van der Waals surface area contributed by atoms with Gasteiger partial charge < -0.3 is 9.84 Å². The van der Waals surface area contributed by atoms with Gasteiger partial charge in [0.25, 0.3) is 0 Å². The lowest BCUT2D eigenvalue weighted by molar-refractivity contribution is -0.0508. The van der Waals surface area contributed by atoms with Crippen molar-refractivity contribution in [3.63, 3.8) is 0 Å². The highest BCUT2D eigenvalue weighted by Gasteiger charge is 2.18. The molecule has 0 atom stereocenters. The molecule has 0 unspecified atom stereocenters. The van der Waals surface area contributed by atoms with Crippen LogP contribution in [0.25, 0.3) is 0 Å². The molecule has 1 aromatic rings. The first-order valence-corrected chi connectivity index (χ1v) is 3.90. The van der Waals surface area contributed by atoms with Gasteiger partial charge in [0.2, 0.25) is 0 Å². The summed E-state index contributed by atoms with van der Waals surface area (Å²) in [6, 6.07) is 1.55. The third-order valence-electron chi connectivity index (χ3n) is 1.68. The topological polar surface area (TPSA) is 46.5 Å². The molecule has 0 saturated heterocycles. The predicted molar refractivity (Wildman–Crippen MR) is 44.7 cm³/mol. The molecular weight excluding hydrogens is 213 g/mol. The van der Waals surface area contributed by atoms with Crippen LogP contribution in [0.4, 0.5) is 13.2 Å². The number of hydrogen-bond donors (Lipinski definition) is 1. The number of hydrogen-bond acceptors (Lipinski definition) is 2. The van der Waals surface area contributed by atoms with Gasteiger partial charge in [-0.2, -0.15) is 8.78 Å². The minimum Gasteiger partial charge on any atom is -0.478 e. The summed E-state index contributed by atoms with van der Waals surface area (Å²) in [6.45, 7) is -1.86. The first-order chi connectivity index (χ1) is 6.91. The number of ether oxygens (including phenoxy) is 1. The molecule has 0 heterocycles. The molecule has 0 aromatic heterocycles. The molecule has 0 aliphatic heterocycles. The molecule has 0 fully saturated rings. The van der Waals surface area contributed by atoms with E-state index in [0.29, 0.717) is 6.07 Å². The Kier molecular flexibility index (Phi) is 3.18. The Balaban J connectivity index is 3.27. The Hall–Kier alpha value is -1.72. The maximum Gasteiger partial charge on any atom is 0.387 e. The monoisotopic (exact) mass is 220 g/mol. The van der Waals surface area contributed by atoms with Gasteiger partial charge in [-0.15, -0.1) is 0 Å². The average molecular weight is 220 g/mol. The molecule has 0 aliphatic rings. The van der Waals surface area contributed by atoms with Gasteiger partial charge >= 0.3 is 12.6 Å². The second-order valence-corrected chi connectivity index (χ2v) is 2.78. The number of carbonyl (C=O) groups is 1. The molecule has 0 bridgehead atoms. The van der Waals surface area contributed by atoms with Gasteiger partial charge in [-0.3, -0.25) is 0 Å². The zero-order valence-electron chi connectivity index (χ0n) is 7.63. The minimum absolute atomic E-state index is 0.00713. The van der Waals surface area contributed by atoms with Crippen LogP contribution >= 0.6 is 0 Å². The Morgan fingerprint density at radius 2 is 2.07 bits per heavy atom. The molecule has 82 valence electrons. The van der Waals surface area contributed by atoms with E-state index in [1.54, 1.807) is 0 Å². The third-order valence-corrected chi connectivity index (χ3v) is 1.68. The largest absolute Gasteiger partial charge is 0.478 e. The van der Waals surface area contributed by atoms with Gasteiger partial charge in [0.15, 0.2) is 0 Å². The second kappa shape index (κ2) is 4.20. The van der Waals surface area contributed by atoms with Crippen LogP contribution in [0.2, 0.25) is 0 Å². The highest BCUT2D eigenvalue weighted by Crippen LogP contribution is 2.26. The van der Waals surface area contributed by atoms with Crippen LogP contribution in [0.15, 0.2) is 12.1 Å². The summed E-state index contributed by atoms with van der Waals surface area (Å²) in [6.07, 6.45) is 0. The molecular formula is C9H7F3O3. The first-order valence-electron chi connectivity index (χ1n) is 3.90. The quantitative estimate of drug-likeness (QED) is 0.850. The van der Waals surface area contributed by atoms with E-state index in [4.69, 9.17) is 5.11 Å². The fourth-order valence-corrected chi connectivity index (χ4v) is 1.13. The Labute approximate surface area is 83.1 Å². The number of aryl methyl sites for hydroxylation is 1. The molecule has 6 heteroatoms. The number of halogens is 3. The lowest BCUT2D eigenvalue weighted by Crippen LogP contribution is -2.09. The zero-order chi connectivity index (χ0) is 11.6. The molecule has 0 amide bonds. The lowest BCUT2D eigenvalue weighted by atomic mass is 10.1. The zero-order valence-corrected chi connectivity index (χ0v) is 7.63. The summed E-state index contributed by atoms with van der Waals surface area (Å²) in [5.41, 5.74) is -0.611. The van der Waals surface area contributed by atoms with Gasteiger partial charge in [-0.05, 0) is 24.6 Å². The molecule has 1 rings (SSSR count). The number of carboxylic acids is 1. The van der Waals surface area contributed by atoms with E-state index in [-0.39, 0.29) is 5.56 Å². The number of rotatable bonds is 3. The van der Waals surface area contributed by atoms with Crippen molar-refractivity contribution in [1.29, 1.82) is 0 Å². The molecule has 3 nitrogen and oxygen atoms in total. The molecule has 0 spiro atoms. The van der Waals surface area contributed by atoms with Crippen LogP contribution in [-0.2, 0) is 0 Å². The molecule has 0 aliphatic carbocycles. The van der Waals surface area contributed by atoms with Crippen molar-refractivity contribution in [2.75, 3.05) is 0 Å². The van der Waals surface area contributed by atoms with Gasteiger partial charge in [0.05, 0.1) is 0 Å². The van der Waals surface area contributed by atoms with Crippen LogP contribution in [-0.4, -0.2) is 17.7 Å². The smallest absolute Gasteiger partial charge is 0.387 e. The highest BCUT2D eigenvalue weighted by atomic mass is 19.3. The van der Waals surface area contributed by atoms with E-state index in [1.165, 1.54) is 6.92 Å². The Morgan fingerprint density at radius 1 is 1.47 bits per heavy atom. The summed E-state index contributed by atoms with van der Waals surface area (Å²) in [7, 11) is 0. The van der Waals surface area contributed by atoms with E-state index < -0.39 is 29.7 Å². The van der Waals surface area contributed by atoms with Crippen molar-refractivity contribution in [1.82, 2.24) is 0 Å². The molecule has 1 N–H and O–H groups in total. The summed E-state index contributed by atoms with van der Waals surface area (Å²) in [5.74, 6) is -2.85. The van der Waals surface area contributed by atoms with Crippen molar-refractivity contribution in [2.24, 2.45) is 0 Å². The highest BCUT2D eigenvalue weighted by molar-refractivity contribution is 5.91. The van der Waals surface area contributed by atoms with Gasteiger partial charge in [0.1, 0.15) is 17.1 Å². The predicted octanol–water partition coefficient (Wildman–Crippen LogP) is 2.43. The molecule has 1 aromatic carbocycles. The molecule has 15 heavy (non-hydrogen) atoms. The van der Waals surface area contributed by atoms with Crippen molar-refractivity contribution in [2.45, 2.75) is 13.5 Å². The average Bonchev–Trinajstić information content (AvgIpc) is 2.08. The first kappa shape index (κ1) is 11.4. The summed E-state index contributed by atoms with van der Waals surface area (Å²) in [5, 5.41) is 8.64. The summed E-state index contributed by atoms with van der Waals surface area (Å²) in [4.78, 5) is 10.6. The maximum absolute atomic E-state index is 12.8. The summed E-state index contributed by atoms with van der Waals surface area (Å²) >= 11 is 0. The third kappa shape index (κ3) is 2.61. The lowest BCUT2D eigenvalue weighted by Gasteiger charge is -2.10. The van der Waals surface area contributed by atoms with Crippen LogP contribution in [0.3, 0.4) is 0 Å². The number of alkyl halides is 2. The van der Waals surface area contributed by atoms with E-state index in [0.717, 1.165) is 6.07 Å². The van der Waals surface area contributed by atoms with Gasteiger partial charge in [0, 0.05) is 0 Å². The fraction of sp³-hybridized carbons (Fsp3) is 0.222. The maximum atomic E-state index is 12.8. The van der Waals surface area contributed by atoms with E-state index in [1.807, 2.05) is 0 Å². The van der Waals surface area contributed by atoms with Crippen molar-refractivity contribution in [3.8, 4) is 5.75 Å². The van der Waals surface area contributed by atoms with Crippen molar-refractivity contribution >= 4 is 5.97 Å². The van der Waals surface area contributed by atoms with Crippen LogP contribution in [0, 0.1) is 12.7 Å². The normalized spacial score (nSPS) is 10.5. The number of aromatic carboxylic acids is 1. The van der Waals surface area contributed by atoms with Crippen LogP contribution < -0.4 is 4.74 Å². The Bertz CT molecular complexity index is 390. The Morgan fingerprint density at radius 3 is 2.53 bits per heavy atom. The molecule has 0 saturated carbocycles. The SMILES string of the molecule is Cc1cc(F)cc(C(=O)O)c1OC(F)F. The second-order valence-electron chi connectivity index (χ2n) is 2.78.